The van der Waals surface area contributed by atoms with Crippen LogP contribution in [0.4, 0.5) is 0 Å². The number of fused-ring (bicyclic) bond motifs is 1. The average Bonchev–Trinajstić information content (AvgIpc) is 2.60. The molecule has 0 aliphatic carbocycles. The van der Waals surface area contributed by atoms with Gasteiger partial charge in [0.15, 0.2) is 0 Å². The van der Waals surface area contributed by atoms with Crippen LogP contribution in [0.3, 0.4) is 0 Å². The van der Waals surface area contributed by atoms with Crippen molar-refractivity contribution in [1.82, 2.24) is 4.98 Å². The molecule has 14 heavy (non-hydrogen) atoms. The highest BCUT2D eigenvalue weighted by molar-refractivity contribution is 7.20. The number of hydrogen-bond acceptors (Lipinski definition) is 5. The Labute approximate surface area is 85.0 Å². The number of benzene rings is 1. The van der Waals surface area contributed by atoms with Crippen molar-refractivity contribution in [3.05, 3.63) is 23.2 Å². The topological polar surface area (TPSA) is 60.5 Å². The number of rotatable bonds is 2. The second-order valence-corrected chi connectivity index (χ2v) is 3.70. The van der Waals surface area contributed by atoms with Crippen molar-refractivity contribution in [1.29, 1.82) is 0 Å². The molecule has 0 spiro atoms. The first-order valence-corrected chi connectivity index (χ1v) is 4.83. The molecule has 1 aromatic carbocycles. The summed E-state index contributed by atoms with van der Waals surface area (Å²) in [6, 6.07) is 5.80. The maximum Gasteiger partial charge on any atom is 0.145 e. The van der Waals surface area contributed by atoms with Gasteiger partial charge in [-0.05, 0) is 12.1 Å². The zero-order valence-electron chi connectivity index (χ0n) is 7.60. The first-order chi connectivity index (χ1) is 6.85. The van der Waals surface area contributed by atoms with E-state index in [2.05, 4.69) is 10.1 Å². The van der Waals surface area contributed by atoms with Crippen LogP contribution in [0.5, 0.6) is 5.75 Å². The largest absolute Gasteiger partial charge is 0.494 e. The maximum atomic E-state index is 5.19. The van der Waals surface area contributed by atoms with E-state index in [0.29, 0.717) is 0 Å². The van der Waals surface area contributed by atoms with Gasteiger partial charge in [-0.25, -0.2) is 4.98 Å². The van der Waals surface area contributed by atoms with E-state index < -0.39 is 0 Å². The number of aromatic nitrogens is 1. The van der Waals surface area contributed by atoms with Crippen LogP contribution in [0.2, 0.25) is 0 Å². The second-order valence-electron chi connectivity index (χ2n) is 2.64. The first kappa shape index (κ1) is 8.96. The van der Waals surface area contributed by atoms with E-state index in [9.17, 15) is 0 Å². The van der Waals surface area contributed by atoms with Crippen LogP contribution in [-0.4, -0.2) is 18.3 Å². The summed E-state index contributed by atoms with van der Waals surface area (Å²) >= 11 is 1.53. The van der Waals surface area contributed by atoms with Crippen LogP contribution in [-0.2, 0) is 0 Å². The minimum Gasteiger partial charge on any atom is -0.494 e. The summed E-state index contributed by atoms with van der Waals surface area (Å²) in [4.78, 5) is 4.34. The summed E-state index contributed by atoms with van der Waals surface area (Å²) in [6.45, 7) is 0. The smallest absolute Gasteiger partial charge is 0.145 e. The Hall–Kier alpha value is -1.62. The predicted octanol–water partition coefficient (Wildman–Crippen LogP) is 1.60. The first-order valence-electron chi connectivity index (χ1n) is 4.02. The van der Waals surface area contributed by atoms with E-state index in [4.69, 9.17) is 10.6 Å². The van der Waals surface area contributed by atoms with Crippen molar-refractivity contribution in [3.63, 3.8) is 0 Å². The molecule has 2 N–H and O–H groups in total. The number of methoxy groups -OCH3 is 1. The van der Waals surface area contributed by atoms with Crippen LogP contribution in [0, 0.1) is 0 Å². The highest BCUT2D eigenvalue weighted by atomic mass is 32.1. The maximum absolute atomic E-state index is 5.19. The Bertz CT molecular complexity index is 478. The number of hydrogen-bond donors (Lipinski definition) is 1. The van der Waals surface area contributed by atoms with Crippen LogP contribution in [0.1, 0.15) is 5.01 Å². The zero-order valence-corrected chi connectivity index (χ0v) is 8.41. The van der Waals surface area contributed by atoms with Gasteiger partial charge in [-0.2, -0.15) is 5.10 Å². The molecular weight excluding hydrogens is 198 g/mol. The monoisotopic (exact) mass is 207 g/mol. The van der Waals surface area contributed by atoms with E-state index in [1.807, 2.05) is 18.2 Å². The fraction of sp³-hybridized carbons (Fsp3) is 0.111. The lowest BCUT2D eigenvalue weighted by Crippen LogP contribution is -1.86. The number of ether oxygens (including phenoxy) is 1. The molecule has 0 amide bonds. The minimum absolute atomic E-state index is 0.774. The van der Waals surface area contributed by atoms with Crippen molar-refractivity contribution in [2.24, 2.45) is 10.9 Å². The Morgan fingerprint density at radius 3 is 3.14 bits per heavy atom. The van der Waals surface area contributed by atoms with E-state index >= 15 is 0 Å². The van der Waals surface area contributed by atoms with Gasteiger partial charge >= 0.3 is 0 Å². The van der Waals surface area contributed by atoms with Crippen molar-refractivity contribution in [3.8, 4) is 5.75 Å². The van der Waals surface area contributed by atoms with Crippen molar-refractivity contribution < 1.29 is 4.74 Å². The summed E-state index contributed by atoms with van der Waals surface area (Å²) in [7, 11) is 1.63. The summed E-state index contributed by atoms with van der Waals surface area (Å²) in [5.74, 6) is 5.83. The van der Waals surface area contributed by atoms with Gasteiger partial charge < -0.3 is 10.6 Å². The van der Waals surface area contributed by atoms with Gasteiger partial charge in [-0.1, -0.05) is 6.07 Å². The van der Waals surface area contributed by atoms with Crippen molar-refractivity contribution in [2.75, 3.05) is 7.11 Å². The van der Waals surface area contributed by atoms with Gasteiger partial charge in [0.25, 0.3) is 0 Å². The number of hydrazone groups is 1. The Morgan fingerprint density at radius 1 is 1.57 bits per heavy atom. The number of nitrogens with zero attached hydrogens (tertiary/aromatic N) is 2. The van der Waals surface area contributed by atoms with Crippen LogP contribution < -0.4 is 10.6 Å². The molecular formula is C9H9N3OS. The third-order valence-corrected chi connectivity index (χ3v) is 2.76. The molecule has 72 valence electrons. The third kappa shape index (κ3) is 1.42. The number of thiazole rings is 1. The highest BCUT2D eigenvalue weighted by Gasteiger charge is 2.06. The van der Waals surface area contributed by atoms with Crippen LogP contribution >= 0.6 is 11.3 Å². The lowest BCUT2D eigenvalue weighted by molar-refractivity contribution is 0.419. The van der Waals surface area contributed by atoms with Gasteiger partial charge in [0, 0.05) is 0 Å². The minimum atomic E-state index is 0.774. The Morgan fingerprint density at radius 2 is 2.43 bits per heavy atom. The zero-order chi connectivity index (χ0) is 9.97. The van der Waals surface area contributed by atoms with Crippen LogP contribution in [0.25, 0.3) is 10.2 Å². The van der Waals surface area contributed by atoms with E-state index in [1.165, 1.54) is 17.6 Å². The fourth-order valence-electron chi connectivity index (χ4n) is 1.22. The predicted molar refractivity (Wildman–Crippen MR) is 58.0 cm³/mol. The quantitative estimate of drug-likeness (QED) is 0.462. The Kier molecular flexibility index (Phi) is 2.32. The third-order valence-electron chi connectivity index (χ3n) is 1.80. The molecule has 0 aliphatic heterocycles. The molecule has 1 heterocycles. The Balaban J connectivity index is 2.64. The molecule has 0 saturated carbocycles. The van der Waals surface area contributed by atoms with Gasteiger partial charge in [0.2, 0.25) is 0 Å². The molecule has 0 fully saturated rings. The molecule has 2 aromatic rings. The summed E-state index contributed by atoms with van der Waals surface area (Å²) in [5, 5.41) is 4.22. The summed E-state index contributed by atoms with van der Waals surface area (Å²) in [5.41, 5.74) is 0.856. The SMILES string of the molecule is COc1cccc2sc(C=NN)nc12. The normalized spacial score (nSPS) is 11.2. The van der Waals surface area contributed by atoms with Gasteiger partial charge in [-0.3, -0.25) is 0 Å². The molecule has 5 heteroatoms. The van der Waals surface area contributed by atoms with E-state index in [0.717, 1.165) is 21.0 Å². The van der Waals surface area contributed by atoms with Gasteiger partial charge in [-0.15, -0.1) is 11.3 Å². The molecule has 4 nitrogen and oxygen atoms in total. The lowest BCUT2D eigenvalue weighted by Gasteiger charge is -1.97. The molecule has 0 aliphatic rings. The molecule has 0 saturated heterocycles. The van der Waals surface area contributed by atoms with Crippen LogP contribution in [0.15, 0.2) is 23.3 Å². The van der Waals surface area contributed by atoms with E-state index in [1.54, 1.807) is 7.11 Å². The second kappa shape index (κ2) is 3.63. The molecule has 1 aromatic heterocycles. The summed E-state index contributed by atoms with van der Waals surface area (Å²) in [6.07, 6.45) is 1.53. The molecule has 2 rings (SSSR count). The highest BCUT2D eigenvalue weighted by Crippen LogP contribution is 2.28. The summed E-state index contributed by atoms with van der Waals surface area (Å²) < 4.78 is 6.26. The number of para-hydroxylation sites is 1. The fourth-order valence-corrected chi connectivity index (χ4v) is 2.09. The van der Waals surface area contributed by atoms with Gasteiger partial charge in [0.1, 0.15) is 16.3 Å². The molecule has 0 radical (unpaired) electrons. The standard InChI is InChI=1S/C9H9N3OS/c1-13-6-3-2-4-7-9(6)12-8(14-7)5-11-10/h2-5H,10H2,1H3. The van der Waals surface area contributed by atoms with Crippen molar-refractivity contribution >= 4 is 27.8 Å². The lowest BCUT2D eigenvalue weighted by atomic mass is 10.3. The van der Waals surface area contributed by atoms with Gasteiger partial charge in [0.05, 0.1) is 18.0 Å². The molecule has 0 unspecified atom stereocenters. The molecule has 0 bridgehead atoms. The molecule has 0 atom stereocenters. The van der Waals surface area contributed by atoms with Crippen molar-refractivity contribution in [2.45, 2.75) is 0 Å². The number of nitrogens with two attached hydrogens (primary N) is 1. The van der Waals surface area contributed by atoms with E-state index in [-0.39, 0.29) is 0 Å². The average molecular weight is 207 g/mol.